The first-order chi connectivity index (χ1) is 8.65. The van der Waals surface area contributed by atoms with Crippen LogP contribution in [0.2, 0.25) is 0 Å². The highest BCUT2D eigenvalue weighted by Gasteiger charge is 2.11. The van der Waals surface area contributed by atoms with Crippen LogP contribution in [0.3, 0.4) is 0 Å². The van der Waals surface area contributed by atoms with Gasteiger partial charge in [0.15, 0.2) is 11.5 Å². The zero-order chi connectivity index (χ0) is 12.7. The minimum atomic E-state index is 0.652. The average molecular weight is 304 g/mol. The summed E-state index contributed by atoms with van der Waals surface area (Å²) in [6, 6.07) is 7.56. The monoisotopic (exact) mass is 303 g/mol. The molecule has 0 saturated heterocycles. The van der Waals surface area contributed by atoms with Crippen molar-refractivity contribution in [3.05, 3.63) is 40.8 Å². The fourth-order valence-corrected chi connectivity index (χ4v) is 2.19. The van der Waals surface area contributed by atoms with Crippen molar-refractivity contribution in [3.8, 4) is 11.4 Å². The van der Waals surface area contributed by atoms with Crippen LogP contribution in [0.15, 0.2) is 35.1 Å². The standard InChI is InChI=1S/C12H10BrN5/c1-7-4-11-16-17-12(18(11)6-15-7)9-3-2-8(13)5-10(9)14/h2-6H,14H2,1H3. The normalized spacial score (nSPS) is 11.0. The highest BCUT2D eigenvalue weighted by Crippen LogP contribution is 2.27. The van der Waals surface area contributed by atoms with Crippen LogP contribution in [0, 0.1) is 6.92 Å². The van der Waals surface area contributed by atoms with E-state index < -0.39 is 0 Å². The van der Waals surface area contributed by atoms with Crippen LogP contribution < -0.4 is 5.73 Å². The lowest BCUT2D eigenvalue weighted by Gasteiger charge is -2.04. The summed E-state index contributed by atoms with van der Waals surface area (Å²) in [6.45, 7) is 1.92. The van der Waals surface area contributed by atoms with Crippen molar-refractivity contribution in [1.82, 2.24) is 19.6 Å². The largest absolute Gasteiger partial charge is 0.398 e. The van der Waals surface area contributed by atoms with Gasteiger partial charge in [-0.1, -0.05) is 15.9 Å². The van der Waals surface area contributed by atoms with E-state index in [-0.39, 0.29) is 0 Å². The quantitative estimate of drug-likeness (QED) is 0.701. The first-order valence-electron chi connectivity index (χ1n) is 5.38. The Bertz CT molecular complexity index is 734. The molecule has 0 spiro atoms. The lowest BCUT2D eigenvalue weighted by Crippen LogP contribution is -1.96. The molecule has 3 aromatic rings. The molecular formula is C12H10BrN5. The number of aryl methyl sites for hydroxylation is 1. The summed E-state index contributed by atoms with van der Waals surface area (Å²) in [5, 5.41) is 8.30. The van der Waals surface area contributed by atoms with Crippen molar-refractivity contribution >= 4 is 27.3 Å². The molecule has 0 atom stereocenters. The first-order valence-corrected chi connectivity index (χ1v) is 6.17. The number of anilines is 1. The van der Waals surface area contributed by atoms with Gasteiger partial charge in [-0.05, 0) is 25.1 Å². The van der Waals surface area contributed by atoms with Gasteiger partial charge in [0.1, 0.15) is 6.33 Å². The molecule has 0 aliphatic rings. The van der Waals surface area contributed by atoms with Gasteiger partial charge in [-0.15, -0.1) is 10.2 Å². The van der Waals surface area contributed by atoms with Gasteiger partial charge in [-0.3, -0.25) is 4.40 Å². The van der Waals surface area contributed by atoms with Crippen molar-refractivity contribution in [3.63, 3.8) is 0 Å². The third-order valence-electron chi connectivity index (χ3n) is 2.69. The molecule has 2 N–H and O–H groups in total. The highest BCUT2D eigenvalue weighted by atomic mass is 79.9. The number of hydrogen-bond acceptors (Lipinski definition) is 4. The molecule has 0 radical (unpaired) electrons. The summed E-state index contributed by atoms with van der Waals surface area (Å²) in [7, 11) is 0. The third kappa shape index (κ3) is 1.74. The van der Waals surface area contributed by atoms with Crippen LogP contribution in [-0.2, 0) is 0 Å². The van der Waals surface area contributed by atoms with Crippen molar-refractivity contribution in [2.75, 3.05) is 5.73 Å². The van der Waals surface area contributed by atoms with Crippen LogP contribution in [0.1, 0.15) is 5.69 Å². The molecule has 1 aromatic carbocycles. The van der Waals surface area contributed by atoms with Crippen LogP contribution in [-0.4, -0.2) is 19.6 Å². The molecule has 0 aliphatic carbocycles. The second-order valence-corrected chi connectivity index (χ2v) is 4.93. The van der Waals surface area contributed by atoms with Gasteiger partial charge in [0.2, 0.25) is 0 Å². The summed E-state index contributed by atoms with van der Waals surface area (Å²) >= 11 is 3.38. The molecular weight excluding hydrogens is 294 g/mol. The molecule has 5 nitrogen and oxygen atoms in total. The van der Waals surface area contributed by atoms with Crippen LogP contribution in [0.25, 0.3) is 17.0 Å². The van der Waals surface area contributed by atoms with Gasteiger partial charge in [0.25, 0.3) is 0 Å². The van der Waals surface area contributed by atoms with E-state index in [4.69, 9.17) is 5.73 Å². The summed E-state index contributed by atoms with van der Waals surface area (Å²) < 4.78 is 2.76. The smallest absolute Gasteiger partial charge is 0.171 e. The predicted octanol–water partition coefficient (Wildman–Crippen LogP) is 2.44. The average Bonchev–Trinajstić information content (AvgIpc) is 2.72. The Labute approximate surface area is 112 Å². The minimum Gasteiger partial charge on any atom is -0.398 e. The molecule has 0 amide bonds. The van der Waals surface area contributed by atoms with Crippen molar-refractivity contribution in [1.29, 1.82) is 0 Å². The number of aromatic nitrogens is 4. The molecule has 2 aromatic heterocycles. The number of rotatable bonds is 1. The van der Waals surface area contributed by atoms with Crippen molar-refractivity contribution < 1.29 is 0 Å². The van der Waals surface area contributed by atoms with E-state index in [0.717, 1.165) is 21.4 Å². The predicted molar refractivity (Wildman–Crippen MR) is 73.1 cm³/mol. The van der Waals surface area contributed by atoms with E-state index in [0.29, 0.717) is 11.5 Å². The molecule has 18 heavy (non-hydrogen) atoms. The zero-order valence-corrected chi connectivity index (χ0v) is 11.2. The molecule has 0 bridgehead atoms. The SMILES string of the molecule is Cc1cc2nnc(-c3ccc(Br)cc3N)n2cn1. The lowest BCUT2D eigenvalue weighted by molar-refractivity contribution is 1.05. The summed E-state index contributed by atoms with van der Waals surface area (Å²) in [5.74, 6) is 0.697. The fraction of sp³-hybridized carbons (Fsp3) is 0.0833. The second kappa shape index (κ2) is 4.06. The molecule has 0 aliphatic heterocycles. The van der Waals surface area contributed by atoms with Gasteiger partial charge in [0, 0.05) is 27.5 Å². The van der Waals surface area contributed by atoms with Crippen molar-refractivity contribution in [2.45, 2.75) is 6.92 Å². The van der Waals surface area contributed by atoms with Crippen LogP contribution in [0.5, 0.6) is 0 Å². The van der Waals surface area contributed by atoms with Gasteiger partial charge < -0.3 is 5.73 Å². The van der Waals surface area contributed by atoms with Crippen molar-refractivity contribution in [2.24, 2.45) is 0 Å². The Balaban J connectivity index is 2.25. The van der Waals surface area contributed by atoms with E-state index in [1.54, 1.807) is 6.33 Å². The zero-order valence-electron chi connectivity index (χ0n) is 9.63. The van der Waals surface area contributed by atoms with E-state index in [1.165, 1.54) is 0 Å². The maximum atomic E-state index is 6.00. The van der Waals surface area contributed by atoms with Gasteiger partial charge >= 0.3 is 0 Å². The van der Waals surface area contributed by atoms with E-state index in [1.807, 2.05) is 35.6 Å². The lowest BCUT2D eigenvalue weighted by atomic mass is 10.2. The minimum absolute atomic E-state index is 0.652. The topological polar surface area (TPSA) is 69.1 Å². The Hall–Kier alpha value is -1.95. The highest BCUT2D eigenvalue weighted by molar-refractivity contribution is 9.10. The number of nitrogens with two attached hydrogens (primary N) is 1. The molecule has 90 valence electrons. The second-order valence-electron chi connectivity index (χ2n) is 4.01. The number of nitrogen functional groups attached to an aromatic ring is 1. The van der Waals surface area contributed by atoms with E-state index in [2.05, 4.69) is 31.1 Å². The molecule has 0 saturated carbocycles. The first kappa shape index (κ1) is 11.2. The Morgan fingerprint density at radius 2 is 2.06 bits per heavy atom. The number of hydrogen-bond donors (Lipinski definition) is 1. The Morgan fingerprint density at radius 3 is 2.83 bits per heavy atom. The van der Waals surface area contributed by atoms with Crippen LogP contribution >= 0.6 is 15.9 Å². The van der Waals surface area contributed by atoms with Gasteiger partial charge in [-0.25, -0.2) is 4.98 Å². The Kier molecular flexibility index (Phi) is 2.52. The molecule has 0 fully saturated rings. The van der Waals surface area contributed by atoms with E-state index in [9.17, 15) is 0 Å². The summed E-state index contributed by atoms with van der Waals surface area (Å²) in [5.41, 5.74) is 9.17. The molecule has 2 heterocycles. The number of nitrogens with zero attached hydrogens (tertiary/aromatic N) is 4. The molecule has 6 heteroatoms. The van der Waals surface area contributed by atoms with Gasteiger partial charge in [-0.2, -0.15) is 0 Å². The molecule has 0 unspecified atom stereocenters. The van der Waals surface area contributed by atoms with E-state index >= 15 is 0 Å². The number of benzene rings is 1. The number of halogens is 1. The van der Waals surface area contributed by atoms with Gasteiger partial charge in [0.05, 0.1) is 0 Å². The molecule has 3 rings (SSSR count). The Morgan fingerprint density at radius 1 is 1.22 bits per heavy atom. The summed E-state index contributed by atoms with van der Waals surface area (Å²) in [4.78, 5) is 4.25. The summed E-state index contributed by atoms with van der Waals surface area (Å²) in [6.07, 6.45) is 1.71. The maximum Gasteiger partial charge on any atom is 0.171 e. The fourth-order valence-electron chi connectivity index (χ4n) is 1.81. The number of fused-ring (bicyclic) bond motifs is 1. The van der Waals surface area contributed by atoms with Crippen LogP contribution in [0.4, 0.5) is 5.69 Å². The third-order valence-corrected chi connectivity index (χ3v) is 3.18. The maximum absolute atomic E-state index is 6.00.